The zero-order valence-corrected chi connectivity index (χ0v) is 11.8. The Bertz CT molecular complexity index is 627. The first-order chi connectivity index (χ1) is 10.2. The summed E-state index contributed by atoms with van der Waals surface area (Å²) in [7, 11) is 0. The van der Waals surface area contributed by atoms with E-state index in [0.717, 1.165) is 17.7 Å². The zero-order valence-electron chi connectivity index (χ0n) is 11.8. The fourth-order valence-corrected chi connectivity index (χ4v) is 2.50. The molecule has 2 aromatic rings. The second-order valence-corrected chi connectivity index (χ2v) is 5.10. The quantitative estimate of drug-likeness (QED) is 0.914. The summed E-state index contributed by atoms with van der Waals surface area (Å²) in [5, 5.41) is 2.91. The number of hydrogen-bond donors (Lipinski definition) is 1. The molecule has 0 bridgehead atoms. The van der Waals surface area contributed by atoms with E-state index < -0.39 is 6.09 Å². The Morgan fingerprint density at radius 1 is 1.14 bits per heavy atom. The Labute approximate surface area is 123 Å². The minimum atomic E-state index is -0.449. The van der Waals surface area contributed by atoms with Crippen LogP contribution in [-0.4, -0.2) is 12.2 Å². The average molecular weight is 283 g/mol. The topological polar surface area (TPSA) is 47.6 Å². The first-order valence-electron chi connectivity index (χ1n) is 7.01. The molecule has 4 nitrogen and oxygen atoms in total. The molecule has 1 N–H and O–H groups in total. The lowest BCUT2D eigenvalue weighted by atomic mass is 9.97. The molecule has 4 heteroatoms. The minimum absolute atomic E-state index is 0.0573. The Balaban J connectivity index is 1.71. The van der Waals surface area contributed by atoms with Gasteiger partial charge in [-0.05, 0) is 25.1 Å². The molecule has 0 saturated heterocycles. The molecule has 21 heavy (non-hydrogen) atoms. The molecule has 2 atom stereocenters. The smallest absolute Gasteiger partial charge is 0.413 e. The van der Waals surface area contributed by atoms with Gasteiger partial charge in [0.15, 0.2) is 0 Å². The number of fused-ring (bicyclic) bond motifs is 1. The first-order valence-corrected chi connectivity index (χ1v) is 7.01. The van der Waals surface area contributed by atoms with Gasteiger partial charge in [-0.3, -0.25) is 0 Å². The number of benzene rings is 2. The summed E-state index contributed by atoms with van der Waals surface area (Å²) in [5.74, 6) is 1.35. The van der Waals surface area contributed by atoms with E-state index in [9.17, 15) is 4.79 Å². The lowest BCUT2D eigenvalue weighted by Gasteiger charge is -2.30. The van der Waals surface area contributed by atoms with Crippen LogP contribution in [0.1, 0.15) is 24.9 Å². The summed E-state index contributed by atoms with van der Waals surface area (Å²) < 4.78 is 11.0. The normalized spacial score (nSPS) is 20.0. The van der Waals surface area contributed by atoms with Gasteiger partial charge in [0.05, 0.1) is 12.1 Å². The summed E-state index contributed by atoms with van der Waals surface area (Å²) in [4.78, 5) is 12.0. The van der Waals surface area contributed by atoms with Crippen molar-refractivity contribution in [2.75, 3.05) is 0 Å². The maximum atomic E-state index is 12.0. The molecule has 0 aliphatic carbocycles. The molecule has 1 aliphatic rings. The fourth-order valence-electron chi connectivity index (χ4n) is 2.50. The van der Waals surface area contributed by atoms with Crippen molar-refractivity contribution >= 4 is 6.09 Å². The third-order valence-corrected chi connectivity index (χ3v) is 3.44. The van der Waals surface area contributed by atoms with Gasteiger partial charge >= 0.3 is 6.09 Å². The third-order valence-electron chi connectivity index (χ3n) is 3.44. The minimum Gasteiger partial charge on any atom is -0.490 e. The van der Waals surface area contributed by atoms with Gasteiger partial charge in [0.2, 0.25) is 0 Å². The number of rotatable bonds is 2. The van der Waals surface area contributed by atoms with Crippen LogP contribution in [0, 0.1) is 0 Å². The van der Waals surface area contributed by atoms with Crippen molar-refractivity contribution in [3.05, 3.63) is 60.2 Å². The van der Waals surface area contributed by atoms with Crippen molar-refractivity contribution in [3.8, 4) is 11.5 Å². The largest absolute Gasteiger partial charge is 0.490 e. The third kappa shape index (κ3) is 3.16. The second kappa shape index (κ2) is 5.87. The number of carbonyl (C=O) groups is 1. The van der Waals surface area contributed by atoms with Crippen molar-refractivity contribution in [1.82, 2.24) is 5.32 Å². The Hall–Kier alpha value is -2.49. The molecule has 2 unspecified atom stereocenters. The highest BCUT2D eigenvalue weighted by Gasteiger charge is 2.27. The monoisotopic (exact) mass is 283 g/mol. The number of carbonyl (C=O) groups excluding carboxylic acids is 1. The van der Waals surface area contributed by atoms with Gasteiger partial charge in [-0.2, -0.15) is 0 Å². The highest BCUT2D eigenvalue weighted by atomic mass is 16.6. The predicted octanol–water partition coefficient (Wildman–Crippen LogP) is 3.69. The molecular weight excluding hydrogens is 266 g/mol. The maximum absolute atomic E-state index is 12.0. The highest BCUT2D eigenvalue weighted by molar-refractivity contribution is 5.71. The Morgan fingerprint density at radius 3 is 2.67 bits per heavy atom. The van der Waals surface area contributed by atoms with Gasteiger partial charge in [-0.1, -0.05) is 36.4 Å². The molecule has 0 fully saturated rings. The molecule has 0 aromatic heterocycles. The van der Waals surface area contributed by atoms with Crippen LogP contribution in [0.5, 0.6) is 11.5 Å². The van der Waals surface area contributed by atoms with Gasteiger partial charge in [0.25, 0.3) is 0 Å². The highest BCUT2D eigenvalue weighted by Crippen LogP contribution is 2.34. The van der Waals surface area contributed by atoms with Gasteiger partial charge in [0, 0.05) is 12.0 Å². The number of ether oxygens (including phenoxy) is 2. The van der Waals surface area contributed by atoms with Crippen LogP contribution in [0.4, 0.5) is 4.79 Å². The number of para-hydroxylation sites is 2. The zero-order chi connectivity index (χ0) is 14.7. The van der Waals surface area contributed by atoms with Gasteiger partial charge < -0.3 is 14.8 Å². The summed E-state index contributed by atoms with van der Waals surface area (Å²) >= 11 is 0. The molecule has 1 aliphatic heterocycles. The van der Waals surface area contributed by atoms with Gasteiger partial charge in [0.1, 0.15) is 11.5 Å². The van der Waals surface area contributed by atoms with Crippen molar-refractivity contribution in [3.63, 3.8) is 0 Å². The van der Waals surface area contributed by atoms with Crippen LogP contribution in [0.2, 0.25) is 0 Å². The van der Waals surface area contributed by atoms with Crippen molar-refractivity contribution in [1.29, 1.82) is 0 Å². The van der Waals surface area contributed by atoms with Crippen LogP contribution >= 0.6 is 0 Å². The van der Waals surface area contributed by atoms with E-state index in [0.29, 0.717) is 5.75 Å². The lowest BCUT2D eigenvalue weighted by Crippen LogP contribution is -2.36. The number of amides is 1. The van der Waals surface area contributed by atoms with Crippen LogP contribution in [0.15, 0.2) is 54.6 Å². The Kier molecular flexibility index (Phi) is 3.77. The summed E-state index contributed by atoms with van der Waals surface area (Å²) in [6, 6.07) is 16.7. The van der Waals surface area contributed by atoms with E-state index in [2.05, 4.69) is 5.32 Å². The van der Waals surface area contributed by atoms with Crippen LogP contribution < -0.4 is 14.8 Å². The molecule has 1 heterocycles. The van der Waals surface area contributed by atoms with Crippen LogP contribution in [0.25, 0.3) is 0 Å². The van der Waals surface area contributed by atoms with Crippen molar-refractivity contribution in [2.24, 2.45) is 0 Å². The second-order valence-electron chi connectivity index (χ2n) is 5.10. The van der Waals surface area contributed by atoms with E-state index in [1.54, 1.807) is 12.1 Å². The molecule has 2 aromatic carbocycles. The maximum Gasteiger partial charge on any atom is 0.413 e. The number of nitrogens with one attached hydrogen (secondary N) is 1. The average Bonchev–Trinajstić information content (AvgIpc) is 2.48. The molecule has 108 valence electrons. The lowest BCUT2D eigenvalue weighted by molar-refractivity contribution is 0.156. The number of hydrogen-bond acceptors (Lipinski definition) is 3. The van der Waals surface area contributed by atoms with E-state index in [1.165, 1.54) is 0 Å². The van der Waals surface area contributed by atoms with Crippen molar-refractivity contribution < 1.29 is 14.3 Å². The molecule has 1 amide bonds. The molecule has 0 saturated carbocycles. The SMILES string of the molecule is CC1CC(NC(=O)Oc2ccccc2)c2ccccc2O1. The molecule has 0 spiro atoms. The molecule has 3 rings (SSSR count). The summed E-state index contributed by atoms with van der Waals surface area (Å²) in [5.41, 5.74) is 0.987. The van der Waals surface area contributed by atoms with Crippen LogP contribution in [0.3, 0.4) is 0 Å². The van der Waals surface area contributed by atoms with E-state index >= 15 is 0 Å². The summed E-state index contributed by atoms with van der Waals surface area (Å²) in [6.07, 6.45) is 0.331. The van der Waals surface area contributed by atoms with E-state index in [4.69, 9.17) is 9.47 Å². The van der Waals surface area contributed by atoms with E-state index in [1.807, 2.05) is 49.4 Å². The summed E-state index contributed by atoms with van der Waals surface area (Å²) in [6.45, 7) is 1.99. The van der Waals surface area contributed by atoms with E-state index in [-0.39, 0.29) is 12.1 Å². The van der Waals surface area contributed by atoms with Crippen molar-refractivity contribution in [2.45, 2.75) is 25.5 Å². The fraction of sp³-hybridized carbons (Fsp3) is 0.235. The Morgan fingerprint density at radius 2 is 1.86 bits per heavy atom. The van der Waals surface area contributed by atoms with Crippen LogP contribution in [-0.2, 0) is 0 Å². The molecular formula is C17H17NO3. The standard InChI is InChI=1S/C17H17NO3/c1-12-11-15(14-9-5-6-10-16(14)20-12)18-17(19)21-13-7-3-2-4-8-13/h2-10,12,15H,11H2,1H3,(H,18,19). The van der Waals surface area contributed by atoms with Gasteiger partial charge in [-0.15, -0.1) is 0 Å². The van der Waals surface area contributed by atoms with Gasteiger partial charge in [-0.25, -0.2) is 4.79 Å². The first kappa shape index (κ1) is 13.5. The molecule has 0 radical (unpaired) electrons. The predicted molar refractivity (Wildman–Crippen MR) is 79.5 cm³/mol.